The Hall–Kier alpha value is -3.16. The number of hydrogen-bond acceptors (Lipinski definition) is 7. The van der Waals surface area contributed by atoms with E-state index in [2.05, 4.69) is 29.2 Å². The van der Waals surface area contributed by atoms with E-state index >= 15 is 0 Å². The molecule has 0 atom stereocenters. The highest BCUT2D eigenvalue weighted by molar-refractivity contribution is 5.88. The summed E-state index contributed by atoms with van der Waals surface area (Å²) in [5, 5.41) is 8.31. The molecule has 0 aliphatic rings. The number of carbonyl (C=O) groups excluding carboxylic acids is 3. The van der Waals surface area contributed by atoms with Gasteiger partial charge in [-0.25, -0.2) is 19.2 Å². The van der Waals surface area contributed by atoms with E-state index in [4.69, 9.17) is 9.84 Å². The van der Waals surface area contributed by atoms with E-state index in [1.54, 1.807) is 13.8 Å². The maximum atomic E-state index is 11.2. The summed E-state index contributed by atoms with van der Waals surface area (Å²) in [4.78, 5) is 43.0. The van der Waals surface area contributed by atoms with E-state index in [1.807, 2.05) is 6.92 Å². The Morgan fingerprint density at radius 1 is 0.828 bits per heavy atom. The zero-order valence-electron chi connectivity index (χ0n) is 17.3. The predicted molar refractivity (Wildman–Crippen MR) is 108 cm³/mol. The lowest BCUT2D eigenvalue weighted by Gasteiger charge is -2.05. The van der Waals surface area contributed by atoms with Gasteiger partial charge in [0.25, 0.3) is 0 Å². The number of carboxylic acid groups (broad SMARTS) is 1. The molecule has 8 nitrogen and oxygen atoms in total. The summed E-state index contributed by atoms with van der Waals surface area (Å²) in [6, 6.07) is 0. The molecule has 0 saturated carbocycles. The Balaban J connectivity index is 0. The summed E-state index contributed by atoms with van der Waals surface area (Å²) >= 11 is 0. The second-order valence-corrected chi connectivity index (χ2v) is 5.87. The van der Waals surface area contributed by atoms with Crippen molar-refractivity contribution in [1.29, 1.82) is 0 Å². The van der Waals surface area contributed by atoms with Crippen molar-refractivity contribution in [2.75, 3.05) is 19.8 Å². The van der Waals surface area contributed by atoms with E-state index < -0.39 is 23.9 Å². The third kappa shape index (κ3) is 18.0. The van der Waals surface area contributed by atoms with E-state index in [0.717, 1.165) is 18.9 Å². The first-order valence-electron chi connectivity index (χ1n) is 8.92. The van der Waals surface area contributed by atoms with E-state index in [9.17, 15) is 19.2 Å². The Bertz CT molecular complexity index is 615. The average Bonchev–Trinajstić information content (AvgIpc) is 2.64. The van der Waals surface area contributed by atoms with Crippen LogP contribution in [0.15, 0.2) is 48.6 Å². The Labute approximate surface area is 171 Å². The third-order valence-corrected chi connectivity index (χ3v) is 2.89. The highest BCUT2D eigenvalue weighted by Gasteiger charge is 2.06. The number of carbonyl (C=O) groups is 4. The van der Waals surface area contributed by atoms with Gasteiger partial charge in [-0.15, -0.1) is 0 Å². The normalized spacial score (nSPS) is 9.62. The van der Waals surface area contributed by atoms with Crippen molar-refractivity contribution in [3.63, 3.8) is 0 Å². The molecule has 0 aliphatic carbocycles. The maximum absolute atomic E-state index is 11.2. The number of carboxylic acids is 1. The molecule has 0 aromatic carbocycles. The quantitative estimate of drug-likeness (QED) is 0.226. The molecular formula is C21H30O8. The second kappa shape index (κ2) is 17.0. The standard InChI is InChI=1S/C11H16O4.C10H14O4/c1-3-4-8-15-11(14)9(2)6-5-7-10(12)13;1-7(2)9(11)13-5-6-14-10(12)8(3)4/h5,7H,2-4,6,8H2,1H3,(H,12,13);1,3,5-6H2,2,4H3. The van der Waals surface area contributed by atoms with Crippen molar-refractivity contribution in [1.82, 2.24) is 0 Å². The van der Waals surface area contributed by atoms with Crippen LogP contribution in [-0.2, 0) is 33.4 Å². The van der Waals surface area contributed by atoms with Crippen LogP contribution in [0.3, 0.4) is 0 Å². The van der Waals surface area contributed by atoms with Gasteiger partial charge in [-0.1, -0.05) is 39.2 Å². The molecule has 8 heteroatoms. The number of rotatable bonds is 12. The van der Waals surface area contributed by atoms with Crippen LogP contribution in [0.5, 0.6) is 0 Å². The maximum Gasteiger partial charge on any atom is 0.333 e. The highest BCUT2D eigenvalue weighted by Crippen LogP contribution is 2.03. The molecule has 1 N–H and O–H groups in total. The first-order valence-corrected chi connectivity index (χ1v) is 8.92. The number of esters is 3. The molecule has 0 saturated heterocycles. The first-order chi connectivity index (χ1) is 13.5. The summed E-state index contributed by atoms with van der Waals surface area (Å²) < 4.78 is 14.3. The van der Waals surface area contributed by atoms with Crippen LogP contribution in [0.2, 0.25) is 0 Å². The van der Waals surface area contributed by atoms with Crippen LogP contribution in [0.4, 0.5) is 0 Å². The second-order valence-electron chi connectivity index (χ2n) is 5.87. The summed E-state index contributed by atoms with van der Waals surface area (Å²) in [6.07, 6.45) is 4.33. The summed E-state index contributed by atoms with van der Waals surface area (Å²) in [7, 11) is 0. The fraction of sp³-hybridized carbons (Fsp3) is 0.429. The van der Waals surface area contributed by atoms with Gasteiger partial charge in [0.2, 0.25) is 0 Å². The molecule has 0 fully saturated rings. The zero-order valence-corrected chi connectivity index (χ0v) is 17.3. The minimum atomic E-state index is -1.04. The van der Waals surface area contributed by atoms with Gasteiger partial charge < -0.3 is 19.3 Å². The van der Waals surface area contributed by atoms with Gasteiger partial charge >= 0.3 is 23.9 Å². The molecule has 0 spiro atoms. The molecule has 0 aromatic rings. The van der Waals surface area contributed by atoms with Crippen molar-refractivity contribution in [3.8, 4) is 0 Å². The smallest absolute Gasteiger partial charge is 0.333 e. The van der Waals surface area contributed by atoms with Crippen LogP contribution in [-0.4, -0.2) is 48.8 Å². The topological polar surface area (TPSA) is 116 Å². The minimum Gasteiger partial charge on any atom is -0.478 e. The molecular weight excluding hydrogens is 380 g/mol. The lowest BCUT2D eigenvalue weighted by atomic mass is 10.2. The summed E-state index contributed by atoms with van der Waals surface area (Å²) in [5.74, 6) is -2.48. The van der Waals surface area contributed by atoms with Crippen LogP contribution >= 0.6 is 0 Å². The molecule has 0 aromatic heterocycles. The van der Waals surface area contributed by atoms with Gasteiger partial charge in [0.05, 0.1) is 6.61 Å². The third-order valence-electron chi connectivity index (χ3n) is 2.89. The molecule has 29 heavy (non-hydrogen) atoms. The lowest BCUT2D eigenvalue weighted by molar-refractivity contribution is -0.147. The fourth-order valence-electron chi connectivity index (χ4n) is 1.31. The van der Waals surface area contributed by atoms with Gasteiger partial charge in [0.1, 0.15) is 13.2 Å². The molecule has 162 valence electrons. The number of allylic oxidation sites excluding steroid dienone is 1. The Morgan fingerprint density at radius 3 is 1.66 bits per heavy atom. The molecule has 0 unspecified atom stereocenters. The average molecular weight is 410 g/mol. The fourth-order valence-corrected chi connectivity index (χ4v) is 1.31. The highest BCUT2D eigenvalue weighted by atomic mass is 16.6. The Kier molecular flexibility index (Phi) is 16.4. The SMILES string of the molecule is C=C(C)C(=O)OCCOC(=O)C(=C)C.C=C(CC=CC(=O)O)C(=O)OCCCC. The van der Waals surface area contributed by atoms with E-state index in [1.165, 1.54) is 6.08 Å². The van der Waals surface area contributed by atoms with Gasteiger partial charge in [-0.3, -0.25) is 0 Å². The predicted octanol–water partition coefficient (Wildman–Crippen LogP) is 3.14. The van der Waals surface area contributed by atoms with Crippen LogP contribution in [0.1, 0.15) is 40.0 Å². The van der Waals surface area contributed by atoms with E-state index in [0.29, 0.717) is 17.8 Å². The van der Waals surface area contributed by atoms with E-state index in [-0.39, 0.29) is 25.2 Å². The van der Waals surface area contributed by atoms with Crippen LogP contribution < -0.4 is 0 Å². The van der Waals surface area contributed by atoms with Crippen LogP contribution in [0.25, 0.3) is 0 Å². The van der Waals surface area contributed by atoms with Crippen molar-refractivity contribution in [3.05, 3.63) is 48.6 Å². The molecule has 0 aliphatic heterocycles. The van der Waals surface area contributed by atoms with Crippen molar-refractivity contribution < 1.29 is 38.5 Å². The first kappa shape index (κ1) is 28.1. The van der Waals surface area contributed by atoms with Crippen molar-refractivity contribution >= 4 is 23.9 Å². The van der Waals surface area contributed by atoms with Crippen LogP contribution in [0, 0.1) is 0 Å². The van der Waals surface area contributed by atoms with Crippen molar-refractivity contribution in [2.45, 2.75) is 40.0 Å². The zero-order chi connectivity index (χ0) is 22.8. The minimum absolute atomic E-state index is 0.0325. The largest absolute Gasteiger partial charge is 0.478 e. The monoisotopic (exact) mass is 410 g/mol. The number of unbranched alkanes of at least 4 members (excludes halogenated alkanes) is 1. The Morgan fingerprint density at radius 2 is 1.28 bits per heavy atom. The van der Waals surface area contributed by atoms with Gasteiger partial charge in [-0.05, 0) is 26.7 Å². The van der Waals surface area contributed by atoms with Crippen molar-refractivity contribution in [2.24, 2.45) is 0 Å². The number of hydrogen-bond donors (Lipinski definition) is 1. The van der Waals surface area contributed by atoms with Gasteiger partial charge in [0.15, 0.2) is 0 Å². The molecule has 0 heterocycles. The number of ether oxygens (including phenoxy) is 3. The summed E-state index contributed by atoms with van der Waals surface area (Å²) in [6.45, 7) is 15.8. The molecule has 0 amide bonds. The van der Waals surface area contributed by atoms with Gasteiger partial charge in [-0.2, -0.15) is 0 Å². The molecule has 0 bridgehead atoms. The van der Waals surface area contributed by atoms with Gasteiger partial charge in [0, 0.05) is 22.8 Å². The summed E-state index contributed by atoms with van der Waals surface area (Å²) in [5.41, 5.74) is 0.899. The molecule has 0 radical (unpaired) electrons. The molecule has 0 rings (SSSR count). The number of aliphatic carboxylic acids is 1. The lowest BCUT2D eigenvalue weighted by Crippen LogP contribution is -2.14.